The molecule has 0 aromatic heterocycles. The number of rotatable bonds is 8. The molecule has 0 radical (unpaired) electrons. The fourth-order valence-corrected chi connectivity index (χ4v) is 2.70. The average Bonchev–Trinajstić information content (AvgIpc) is 2.64. The summed E-state index contributed by atoms with van der Waals surface area (Å²) in [7, 11) is 3.60. The number of aryl methyl sites for hydroxylation is 2. The van der Waals surface area contributed by atoms with E-state index < -0.39 is 0 Å². The van der Waals surface area contributed by atoms with Crippen LogP contribution < -0.4 is 5.32 Å². The summed E-state index contributed by atoms with van der Waals surface area (Å²) < 4.78 is 5.17. The van der Waals surface area contributed by atoms with E-state index >= 15 is 0 Å². The largest absolute Gasteiger partial charge is 0.391 e. The summed E-state index contributed by atoms with van der Waals surface area (Å²) in [5.74, 6) is 0. The van der Waals surface area contributed by atoms with Crippen molar-refractivity contribution in [2.75, 3.05) is 20.8 Å². The van der Waals surface area contributed by atoms with E-state index in [0.717, 1.165) is 28.1 Å². The van der Waals surface area contributed by atoms with Crippen LogP contribution in [0.25, 0.3) is 5.70 Å². The highest BCUT2D eigenvalue weighted by molar-refractivity contribution is 5.98. The van der Waals surface area contributed by atoms with Gasteiger partial charge in [-0.05, 0) is 38.0 Å². The van der Waals surface area contributed by atoms with Crippen LogP contribution in [-0.2, 0) is 16.2 Å². The van der Waals surface area contributed by atoms with Crippen LogP contribution in [0.15, 0.2) is 53.7 Å². The Hall–Kier alpha value is -2.59. The van der Waals surface area contributed by atoms with Crippen molar-refractivity contribution in [1.29, 1.82) is 0 Å². The van der Waals surface area contributed by atoms with Gasteiger partial charge >= 0.3 is 0 Å². The quantitative estimate of drug-likeness (QED) is 0.564. The summed E-state index contributed by atoms with van der Waals surface area (Å²) in [6.07, 6.45) is 2.03. The van der Waals surface area contributed by atoms with Crippen molar-refractivity contribution in [2.45, 2.75) is 27.4 Å². The van der Waals surface area contributed by atoms with Crippen molar-refractivity contribution in [3.63, 3.8) is 0 Å². The number of methoxy groups -OCH3 is 1. The zero-order chi connectivity index (χ0) is 18.9. The molecule has 0 unspecified atom stereocenters. The molecule has 0 aliphatic heterocycles. The maximum absolute atomic E-state index is 5.69. The summed E-state index contributed by atoms with van der Waals surface area (Å²) in [5, 5.41) is 7.54. The van der Waals surface area contributed by atoms with Crippen LogP contribution in [0.5, 0.6) is 0 Å². The van der Waals surface area contributed by atoms with Crippen LogP contribution in [-0.4, -0.2) is 26.5 Å². The molecule has 2 aromatic rings. The molecule has 4 nitrogen and oxygen atoms in total. The Morgan fingerprint density at radius 3 is 2.50 bits per heavy atom. The Labute approximate surface area is 156 Å². The Morgan fingerprint density at radius 1 is 1.12 bits per heavy atom. The van der Waals surface area contributed by atoms with E-state index in [9.17, 15) is 0 Å². The van der Waals surface area contributed by atoms with Crippen molar-refractivity contribution in [1.82, 2.24) is 5.32 Å². The highest BCUT2D eigenvalue weighted by Gasteiger charge is 2.10. The van der Waals surface area contributed by atoms with Gasteiger partial charge in [0.2, 0.25) is 0 Å². The van der Waals surface area contributed by atoms with Crippen molar-refractivity contribution < 1.29 is 9.57 Å². The summed E-state index contributed by atoms with van der Waals surface area (Å²) >= 11 is 0. The van der Waals surface area contributed by atoms with Gasteiger partial charge in [-0.2, -0.15) is 0 Å². The van der Waals surface area contributed by atoms with Crippen LogP contribution in [0, 0.1) is 13.8 Å². The van der Waals surface area contributed by atoms with Crippen LogP contribution in [0.2, 0.25) is 0 Å². The molecule has 4 heteroatoms. The smallest absolute Gasteiger partial charge is 0.143 e. The van der Waals surface area contributed by atoms with E-state index in [4.69, 9.17) is 9.57 Å². The first-order valence-corrected chi connectivity index (χ1v) is 8.76. The van der Waals surface area contributed by atoms with Crippen molar-refractivity contribution >= 4 is 11.4 Å². The predicted octanol–water partition coefficient (Wildman–Crippen LogP) is 4.45. The molecule has 1 N–H and O–H groups in total. The minimum atomic E-state index is 0.414. The van der Waals surface area contributed by atoms with Gasteiger partial charge in [-0.25, -0.2) is 0 Å². The van der Waals surface area contributed by atoms with Crippen molar-refractivity contribution in [2.24, 2.45) is 5.16 Å². The third kappa shape index (κ3) is 5.20. The number of nitrogens with one attached hydrogen (secondary N) is 1. The first-order valence-electron chi connectivity index (χ1n) is 8.76. The third-order valence-corrected chi connectivity index (χ3v) is 4.30. The molecule has 0 atom stereocenters. The Morgan fingerprint density at radius 2 is 1.85 bits per heavy atom. The molecule has 138 valence electrons. The van der Waals surface area contributed by atoms with Gasteiger partial charge in [-0.15, -0.1) is 0 Å². The second-order valence-electron chi connectivity index (χ2n) is 6.24. The zero-order valence-corrected chi connectivity index (χ0v) is 16.3. The molecule has 2 aromatic carbocycles. The molecule has 2 rings (SSSR count). The van der Waals surface area contributed by atoms with Crippen molar-refractivity contribution in [3.8, 4) is 0 Å². The first-order chi connectivity index (χ1) is 12.6. The highest BCUT2D eigenvalue weighted by atomic mass is 16.6. The van der Waals surface area contributed by atoms with Gasteiger partial charge in [-0.3, -0.25) is 0 Å². The SMILES string of the molecule is CN/C(=C\COC)c1cccc(C)c1CO/N=C(\C)c1ccc(C)cc1. The molecule has 0 bridgehead atoms. The molecule has 0 amide bonds. The first kappa shape index (κ1) is 19.7. The standard InChI is InChI=1S/C22H28N2O2/c1-16-9-11-19(12-10-16)18(3)24-26-15-21-17(2)7-6-8-20(21)22(23-4)13-14-25-5/h6-13,23H,14-15H2,1-5H3/b22-13-,24-18+. The van der Waals surface area contributed by atoms with E-state index in [2.05, 4.69) is 60.7 Å². The number of ether oxygens (including phenoxy) is 1. The van der Waals surface area contributed by atoms with Crippen LogP contribution >= 0.6 is 0 Å². The lowest BCUT2D eigenvalue weighted by Gasteiger charge is -2.15. The van der Waals surface area contributed by atoms with E-state index in [0.29, 0.717) is 13.2 Å². The lowest BCUT2D eigenvalue weighted by molar-refractivity contribution is 0.130. The van der Waals surface area contributed by atoms with Gasteiger partial charge < -0.3 is 14.9 Å². The number of nitrogens with zero attached hydrogens (tertiary/aromatic N) is 1. The monoisotopic (exact) mass is 352 g/mol. The minimum absolute atomic E-state index is 0.414. The molecule has 0 fully saturated rings. The Bertz CT molecular complexity index is 777. The van der Waals surface area contributed by atoms with Crippen molar-refractivity contribution in [3.05, 3.63) is 76.4 Å². The molecule has 0 aliphatic rings. The summed E-state index contributed by atoms with van der Waals surface area (Å²) in [5.41, 5.74) is 7.57. The summed E-state index contributed by atoms with van der Waals surface area (Å²) in [6, 6.07) is 14.5. The second-order valence-corrected chi connectivity index (χ2v) is 6.24. The molecule has 0 saturated carbocycles. The van der Waals surface area contributed by atoms with Crippen LogP contribution in [0.1, 0.15) is 34.7 Å². The Balaban J connectivity index is 2.18. The molecular weight excluding hydrogens is 324 g/mol. The molecule has 0 spiro atoms. The van der Waals surface area contributed by atoms with E-state index in [1.807, 2.05) is 26.1 Å². The van der Waals surface area contributed by atoms with Gasteiger partial charge in [0.15, 0.2) is 0 Å². The molecule has 0 heterocycles. The predicted molar refractivity (Wildman–Crippen MR) is 108 cm³/mol. The van der Waals surface area contributed by atoms with E-state index in [1.165, 1.54) is 11.1 Å². The maximum atomic E-state index is 5.69. The normalized spacial score (nSPS) is 12.2. The van der Waals surface area contributed by atoms with Gasteiger partial charge in [0.25, 0.3) is 0 Å². The fourth-order valence-electron chi connectivity index (χ4n) is 2.70. The van der Waals surface area contributed by atoms with Gasteiger partial charge in [0, 0.05) is 31.0 Å². The lowest BCUT2D eigenvalue weighted by atomic mass is 10.00. The Kier molecular flexibility index (Phi) is 7.42. The van der Waals surface area contributed by atoms with E-state index in [-0.39, 0.29) is 0 Å². The van der Waals surface area contributed by atoms with Gasteiger partial charge in [0.1, 0.15) is 6.61 Å². The van der Waals surface area contributed by atoms with Gasteiger partial charge in [0.05, 0.1) is 12.3 Å². The molecule has 0 saturated heterocycles. The number of benzene rings is 2. The second kappa shape index (κ2) is 9.78. The average molecular weight is 352 g/mol. The third-order valence-electron chi connectivity index (χ3n) is 4.30. The number of hydrogen-bond donors (Lipinski definition) is 1. The number of hydrogen-bond acceptors (Lipinski definition) is 4. The molecular formula is C22H28N2O2. The fraction of sp³-hybridized carbons (Fsp3) is 0.318. The molecule has 26 heavy (non-hydrogen) atoms. The lowest BCUT2D eigenvalue weighted by Crippen LogP contribution is -2.10. The van der Waals surface area contributed by atoms with Gasteiger partial charge in [-0.1, -0.05) is 53.2 Å². The maximum Gasteiger partial charge on any atom is 0.143 e. The highest BCUT2D eigenvalue weighted by Crippen LogP contribution is 2.22. The van der Waals surface area contributed by atoms with Crippen LogP contribution in [0.3, 0.4) is 0 Å². The topological polar surface area (TPSA) is 42.8 Å². The number of oxime groups is 1. The summed E-state index contributed by atoms with van der Waals surface area (Å²) in [6.45, 7) is 7.08. The molecule has 0 aliphatic carbocycles. The summed E-state index contributed by atoms with van der Waals surface area (Å²) in [4.78, 5) is 5.69. The van der Waals surface area contributed by atoms with Crippen LogP contribution in [0.4, 0.5) is 0 Å². The van der Waals surface area contributed by atoms with E-state index in [1.54, 1.807) is 7.11 Å². The minimum Gasteiger partial charge on any atom is -0.391 e. The zero-order valence-electron chi connectivity index (χ0n) is 16.3.